The molecule has 0 saturated heterocycles. The first kappa shape index (κ1) is 12.9. The summed E-state index contributed by atoms with van der Waals surface area (Å²) in [4.78, 5) is 4.42. The van der Waals surface area contributed by atoms with Gasteiger partial charge in [-0.3, -0.25) is 4.98 Å². The van der Waals surface area contributed by atoms with Gasteiger partial charge in [-0.05, 0) is 69.0 Å². The number of rotatable bonds is 1. The second-order valence-electron chi connectivity index (χ2n) is 5.48. The van der Waals surface area contributed by atoms with Gasteiger partial charge < -0.3 is 4.42 Å². The lowest BCUT2D eigenvalue weighted by Crippen LogP contribution is -1.92. The Morgan fingerprint density at radius 2 is 1.50 bits per heavy atom. The zero-order valence-electron chi connectivity index (χ0n) is 12.7. The molecule has 0 fully saturated rings. The molecule has 2 nitrogen and oxygen atoms in total. The summed E-state index contributed by atoms with van der Waals surface area (Å²) < 4.78 is 6.17. The van der Waals surface area contributed by atoms with Gasteiger partial charge in [-0.15, -0.1) is 0 Å². The summed E-state index contributed by atoms with van der Waals surface area (Å²) in [6, 6.07) is 5.91. The summed E-state index contributed by atoms with van der Waals surface area (Å²) in [7, 11) is 0. The van der Waals surface area contributed by atoms with Crippen LogP contribution in [0, 0.1) is 34.6 Å². The van der Waals surface area contributed by atoms with Crippen LogP contribution in [0.15, 0.2) is 28.8 Å². The summed E-state index contributed by atoms with van der Waals surface area (Å²) in [5, 5.41) is 1.24. The first-order valence-corrected chi connectivity index (χ1v) is 6.93. The van der Waals surface area contributed by atoms with E-state index in [1.165, 1.54) is 33.2 Å². The van der Waals surface area contributed by atoms with Crippen molar-refractivity contribution < 1.29 is 4.42 Å². The predicted molar refractivity (Wildman–Crippen MR) is 83.1 cm³/mol. The number of aromatic nitrogens is 1. The highest BCUT2D eigenvalue weighted by Gasteiger charge is 2.19. The number of hydrogen-bond donors (Lipinski definition) is 0. The van der Waals surface area contributed by atoms with E-state index < -0.39 is 0 Å². The van der Waals surface area contributed by atoms with Crippen LogP contribution in [0.3, 0.4) is 0 Å². The van der Waals surface area contributed by atoms with Gasteiger partial charge in [0.25, 0.3) is 0 Å². The fraction of sp³-hybridized carbons (Fsp3) is 0.278. The molecule has 0 atom stereocenters. The average molecular weight is 265 g/mol. The van der Waals surface area contributed by atoms with Gasteiger partial charge in [0.15, 0.2) is 5.76 Å². The average Bonchev–Trinajstić information content (AvgIpc) is 2.81. The van der Waals surface area contributed by atoms with Crippen LogP contribution in [0.1, 0.15) is 27.8 Å². The third kappa shape index (κ3) is 1.68. The van der Waals surface area contributed by atoms with Crippen LogP contribution in [-0.4, -0.2) is 4.98 Å². The summed E-state index contributed by atoms with van der Waals surface area (Å²) in [6.07, 6.45) is 1.80. The second kappa shape index (κ2) is 4.48. The summed E-state index contributed by atoms with van der Waals surface area (Å²) in [5.74, 6) is 0.886. The Labute approximate surface area is 119 Å². The molecule has 2 aromatic heterocycles. The zero-order chi connectivity index (χ0) is 14.4. The van der Waals surface area contributed by atoms with Crippen LogP contribution in [0.5, 0.6) is 0 Å². The molecule has 2 heterocycles. The van der Waals surface area contributed by atoms with E-state index in [1.807, 2.05) is 18.2 Å². The van der Waals surface area contributed by atoms with Crippen molar-refractivity contribution in [3.05, 3.63) is 52.2 Å². The number of nitrogens with zero attached hydrogens (tertiary/aromatic N) is 1. The molecule has 3 rings (SSSR count). The van der Waals surface area contributed by atoms with Crippen LogP contribution in [0.2, 0.25) is 0 Å². The number of pyridine rings is 1. The molecule has 0 amide bonds. The highest BCUT2D eigenvalue weighted by Crippen LogP contribution is 2.38. The minimum atomic E-state index is 0.886. The van der Waals surface area contributed by atoms with Crippen LogP contribution >= 0.6 is 0 Å². The van der Waals surface area contributed by atoms with E-state index in [1.54, 1.807) is 6.20 Å². The van der Waals surface area contributed by atoms with E-state index in [0.29, 0.717) is 0 Å². The number of fused-ring (bicyclic) bond motifs is 1. The molecule has 1 aromatic carbocycles. The van der Waals surface area contributed by atoms with Crippen molar-refractivity contribution in [1.82, 2.24) is 4.98 Å². The Kier molecular flexibility index (Phi) is 2.89. The van der Waals surface area contributed by atoms with Crippen LogP contribution in [-0.2, 0) is 0 Å². The molecular weight excluding hydrogens is 246 g/mol. The lowest BCUT2D eigenvalue weighted by Gasteiger charge is -2.09. The van der Waals surface area contributed by atoms with E-state index in [0.717, 1.165) is 17.0 Å². The smallest absolute Gasteiger partial charge is 0.156 e. The molecule has 0 N–H and O–H groups in total. The fourth-order valence-corrected chi connectivity index (χ4v) is 2.89. The van der Waals surface area contributed by atoms with Gasteiger partial charge in [-0.1, -0.05) is 6.07 Å². The molecule has 0 bridgehead atoms. The van der Waals surface area contributed by atoms with Crippen LogP contribution in [0.4, 0.5) is 0 Å². The van der Waals surface area contributed by atoms with E-state index in [-0.39, 0.29) is 0 Å². The Hall–Kier alpha value is -2.09. The highest BCUT2D eigenvalue weighted by molar-refractivity contribution is 5.93. The van der Waals surface area contributed by atoms with Crippen molar-refractivity contribution in [2.24, 2.45) is 0 Å². The van der Waals surface area contributed by atoms with Crippen molar-refractivity contribution in [2.45, 2.75) is 34.6 Å². The zero-order valence-corrected chi connectivity index (χ0v) is 12.7. The van der Waals surface area contributed by atoms with Gasteiger partial charge in [0.05, 0.1) is 0 Å². The molecule has 20 heavy (non-hydrogen) atoms. The van der Waals surface area contributed by atoms with Crippen molar-refractivity contribution in [1.29, 1.82) is 0 Å². The molecule has 0 spiro atoms. The second-order valence-corrected chi connectivity index (χ2v) is 5.48. The maximum atomic E-state index is 6.17. The molecule has 0 aliphatic rings. The standard InChI is InChI=1S/C18H19NO/c1-10-11(2)13(4)18-16(12(10)3)14(5)17(20-18)15-8-6-7-9-19-15/h6-9H,1-5H3. The first-order valence-electron chi connectivity index (χ1n) is 6.93. The molecule has 3 aromatic rings. The number of furan rings is 1. The molecule has 0 unspecified atom stereocenters. The first-order chi connectivity index (χ1) is 9.52. The van der Waals surface area contributed by atoms with Gasteiger partial charge in [0.1, 0.15) is 11.3 Å². The third-order valence-corrected chi connectivity index (χ3v) is 4.45. The summed E-state index contributed by atoms with van der Waals surface area (Å²) in [6.45, 7) is 10.8. The largest absolute Gasteiger partial charge is 0.454 e. The van der Waals surface area contributed by atoms with E-state index in [9.17, 15) is 0 Å². The Balaban J connectivity index is 2.42. The predicted octanol–water partition coefficient (Wildman–Crippen LogP) is 5.04. The highest BCUT2D eigenvalue weighted by atomic mass is 16.3. The summed E-state index contributed by atoms with van der Waals surface area (Å²) >= 11 is 0. The van der Waals surface area contributed by atoms with Gasteiger partial charge in [0, 0.05) is 17.1 Å². The van der Waals surface area contributed by atoms with E-state index in [2.05, 4.69) is 39.6 Å². The topological polar surface area (TPSA) is 26.0 Å². The Morgan fingerprint density at radius 3 is 2.15 bits per heavy atom. The van der Waals surface area contributed by atoms with Crippen molar-refractivity contribution in [3.63, 3.8) is 0 Å². The maximum absolute atomic E-state index is 6.17. The molecular formula is C18H19NO. The molecule has 102 valence electrons. The van der Waals surface area contributed by atoms with E-state index in [4.69, 9.17) is 4.42 Å². The minimum absolute atomic E-state index is 0.886. The van der Waals surface area contributed by atoms with Gasteiger partial charge in [0.2, 0.25) is 0 Å². The number of benzene rings is 1. The fourth-order valence-electron chi connectivity index (χ4n) is 2.89. The van der Waals surface area contributed by atoms with Gasteiger partial charge in [-0.25, -0.2) is 0 Å². The normalized spacial score (nSPS) is 11.2. The Bertz CT molecular complexity index is 798. The quantitative estimate of drug-likeness (QED) is 0.616. The van der Waals surface area contributed by atoms with Crippen molar-refractivity contribution >= 4 is 11.0 Å². The maximum Gasteiger partial charge on any atom is 0.156 e. The van der Waals surface area contributed by atoms with Crippen molar-refractivity contribution in [2.75, 3.05) is 0 Å². The Morgan fingerprint density at radius 1 is 0.800 bits per heavy atom. The SMILES string of the molecule is Cc1c(C)c(C)c2c(C)c(-c3ccccn3)oc2c1C. The third-order valence-electron chi connectivity index (χ3n) is 4.45. The van der Waals surface area contributed by atoms with Crippen LogP contribution in [0.25, 0.3) is 22.4 Å². The number of aryl methyl sites for hydroxylation is 3. The lowest BCUT2D eigenvalue weighted by atomic mass is 9.94. The lowest BCUT2D eigenvalue weighted by molar-refractivity contribution is 0.623. The minimum Gasteiger partial charge on any atom is -0.454 e. The van der Waals surface area contributed by atoms with Gasteiger partial charge >= 0.3 is 0 Å². The van der Waals surface area contributed by atoms with Crippen LogP contribution < -0.4 is 0 Å². The summed E-state index contributed by atoms with van der Waals surface area (Å²) in [5.41, 5.74) is 8.30. The van der Waals surface area contributed by atoms with Crippen molar-refractivity contribution in [3.8, 4) is 11.5 Å². The molecule has 0 aliphatic carbocycles. The number of hydrogen-bond acceptors (Lipinski definition) is 2. The molecule has 0 saturated carbocycles. The molecule has 2 heteroatoms. The van der Waals surface area contributed by atoms with Gasteiger partial charge in [-0.2, -0.15) is 0 Å². The molecule has 0 aliphatic heterocycles. The monoisotopic (exact) mass is 265 g/mol. The molecule has 0 radical (unpaired) electrons. The van der Waals surface area contributed by atoms with E-state index >= 15 is 0 Å².